The summed E-state index contributed by atoms with van der Waals surface area (Å²) in [7, 11) is 0.423. The van der Waals surface area contributed by atoms with E-state index in [0.29, 0.717) is 43.4 Å². The number of amides is 3. The summed E-state index contributed by atoms with van der Waals surface area (Å²) >= 11 is 5.12. The largest absolute Gasteiger partial charge is 0.390 e. The normalized spacial score (nSPS) is 14.9. The molecule has 47 heavy (non-hydrogen) atoms. The second-order valence-electron chi connectivity index (χ2n) is 12.5. The maximum atomic E-state index is 13.8. The van der Waals surface area contributed by atoms with E-state index in [0.717, 1.165) is 16.3 Å². The monoisotopic (exact) mass is 699 g/mol. The molecule has 3 amide bonds. The molecular formula is C32H57N7O6S2. The predicted octanol–water partition coefficient (Wildman–Crippen LogP) is 1.19. The lowest BCUT2D eigenvalue weighted by Crippen LogP contribution is -2.57. The average Bonchev–Trinajstić information content (AvgIpc) is 3.01. The van der Waals surface area contributed by atoms with Gasteiger partial charge in [-0.05, 0) is 61.7 Å². The summed E-state index contributed by atoms with van der Waals surface area (Å²) in [6.07, 6.45) is 1.42. The smallest absolute Gasteiger partial charge is 0.279 e. The first kappa shape index (κ1) is 42.2. The van der Waals surface area contributed by atoms with E-state index in [9.17, 15) is 27.9 Å². The Kier molecular flexibility index (Phi) is 19.7. The van der Waals surface area contributed by atoms with Crippen LogP contribution in [0, 0.1) is 11.8 Å². The molecule has 268 valence electrons. The molecular weight excluding hydrogens is 643 g/mol. The number of carbonyl (C=O) groups is 3. The first-order chi connectivity index (χ1) is 22.1. The number of hydrogen-bond donors (Lipinski definition) is 7. The van der Waals surface area contributed by atoms with E-state index < -0.39 is 46.3 Å². The second kappa shape index (κ2) is 21.9. The van der Waals surface area contributed by atoms with Crippen molar-refractivity contribution in [1.29, 1.82) is 0 Å². The molecule has 0 aliphatic heterocycles. The molecule has 0 radical (unpaired) electrons. The summed E-state index contributed by atoms with van der Waals surface area (Å²) in [5.74, 6) is -1.13. The SMILES string of the molecule is CC[C@H](C)CNC(=O)C[C@H](O)[C@H](CC(C)C)NC(=O)[C@H](CCCCNC(=S)NC)NC(=O)[C@H](Cc1ccccc1)NS(=O)(=O)N(C)C. The number of rotatable bonds is 22. The Morgan fingerprint density at radius 3 is 2.17 bits per heavy atom. The summed E-state index contributed by atoms with van der Waals surface area (Å²) in [6.45, 7) is 8.98. The van der Waals surface area contributed by atoms with Crippen LogP contribution in [0.4, 0.5) is 0 Å². The number of thiocarbonyl (C=S) groups is 1. The lowest BCUT2D eigenvalue weighted by atomic mass is 9.96. The van der Waals surface area contributed by atoms with E-state index in [-0.39, 0.29) is 31.1 Å². The van der Waals surface area contributed by atoms with Gasteiger partial charge in [0.05, 0.1) is 18.6 Å². The fourth-order valence-electron chi connectivity index (χ4n) is 4.57. The van der Waals surface area contributed by atoms with Crippen LogP contribution >= 0.6 is 12.2 Å². The van der Waals surface area contributed by atoms with Crippen LogP contribution < -0.4 is 31.3 Å². The molecule has 1 aromatic carbocycles. The summed E-state index contributed by atoms with van der Waals surface area (Å²) in [4.78, 5) is 40.0. The third-order valence-corrected chi connectivity index (χ3v) is 9.59. The van der Waals surface area contributed by atoms with Crippen LogP contribution in [0.5, 0.6) is 0 Å². The minimum absolute atomic E-state index is 0.0555. The standard InChI is InChI=1S/C32H57N7O6S2/c1-8-23(4)21-35-29(41)20-28(40)26(18-22(2)3)37-30(42)25(16-12-13-17-34-32(46)33-5)36-31(43)27(38-47(44,45)39(6)7)19-24-14-10-9-11-15-24/h9-11,14-15,22-23,25-28,38,40H,8,12-13,16-21H2,1-7H3,(H,35,41)(H,36,43)(H,37,42)(H2,33,34,46)/t23-,25-,26-,27-,28-/m0/s1. The van der Waals surface area contributed by atoms with Gasteiger partial charge in [-0.1, -0.05) is 64.4 Å². The Balaban J connectivity index is 3.21. The Morgan fingerprint density at radius 2 is 1.60 bits per heavy atom. The Hall–Kier alpha value is -2.85. The van der Waals surface area contributed by atoms with Crippen LogP contribution in [0.2, 0.25) is 0 Å². The molecule has 0 bridgehead atoms. The molecule has 0 spiro atoms. The molecule has 1 aromatic rings. The number of aliphatic hydroxyl groups excluding tert-OH is 1. The fraction of sp³-hybridized carbons (Fsp3) is 0.688. The van der Waals surface area contributed by atoms with Crippen molar-refractivity contribution < 1.29 is 27.9 Å². The predicted molar refractivity (Wildman–Crippen MR) is 190 cm³/mol. The van der Waals surface area contributed by atoms with E-state index in [4.69, 9.17) is 12.2 Å². The third kappa shape index (κ3) is 17.2. The van der Waals surface area contributed by atoms with Crippen molar-refractivity contribution >= 4 is 45.3 Å². The van der Waals surface area contributed by atoms with Crippen LogP contribution in [0.1, 0.15) is 71.8 Å². The lowest BCUT2D eigenvalue weighted by Gasteiger charge is -2.29. The number of aliphatic hydroxyl groups is 1. The summed E-state index contributed by atoms with van der Waals surface area (Å²) < 4.78 is 29.0. The minimum Gasteiger partial charge on any atom is -0.390 e. The van der Waals surface area contributed by atoms with Crippen LogP contribution in [0.15, 0.2) is 30.3 Å². The molecule has 0 fully saturated rings. The maximum Gasteiger partial charge on any atom is 0.279 e. The zero-order chi connectivity index (χ0) is 35.6. The van der Waals surface area contributed by atoms with Gasteiger partial charge in [0, 0.05) is 34.2 Å². The van der Waals surface area contributed by atoms with Crippen molar-refractivity contribution in [2.24, 2.45) is 11.8 Å². The van der Waals surface area contributed by atoms with Gasteiger partial charge in [-0.15, -0.1) is 0 Å². The molecule has 0 saturated heterocycles. The van der Waals surface area contributed by atoms with Crippen molar-refractivity contribution in [3.63, 3.8) is 0 Å². The van der Waals surface area contributed by atoms with E-state index in [2.05, 4.69) is 31.3 Å². The van der Waals surface area contributed by atoms with Gasteiger partial charge in [-0.2, -0.15) is 17.4 Å². The molecule has 13 nitrogen and oxygen atoms in total. The quantitative estimate of drug-likeness (QED) is 0.0691. The van der Waals surface area contributed by atoms with Crippen molar-refractivity contribution in [3.8, 4) is 0 Å². The van der Waals surface area contributed by atoms with Gasteiger partial charge in [0.1, 0.15) is 12.1 Å². The Morgan fingerprint density at radius 1 is 0.957 bits per heavy atom. The van der Waals surface area contributed by atoms with Crippen molar-refractivity contribution in [2.75, 3.05) is 34.2 Å². The highest BCUT2D eigenvalue weighted by atomic mass is 32.2. The molecule has 0 unspecified atom stereocenters. The highest BCUT2D eigenvalue weighted by molar-refractivity contribution is 7.87. The number of nitrogens with one attached hydrogen (secondary N) is 6. The summed E-state index contributed by atoms with van der Waals surface area (Å²) in [5, 5.41) is 25.9. The zero-order valence-corrected chi connectivity index (χ0v) is 30.6. The summed E-state index contributed by atoms with van der Waals surface area (Å²) in [5.41, 5.74) is 0.730. The lowest BCUT2D eigenvalue weighted by molar-refractivity contribution is -0.131. The van der Waals surface area contributed by atoms with Gasteiger partial charge < -0.3 is 31.7 Å². The molecule has 0 aliphatic rings. The molecule has 5 atom stereocenters. The van der Waals surface area contributed by atoms with Gasteiger partial charge in [0.25, 0.3) is 10.2 Å². The number of nitrogens with zero attached hydrogens (tertiary/aromatic N) is 1. The minimum atomic E-state index is -4.00. The molecule has 0 heterocycles. The molecule has 7 N–H and O–H groups in total. The van der Waals surface area contributed by atoms with Gasteiger partial charge in [0.2, 0.25) is 17.7 Å². The number of unbranched alkanes of at least 4 members (excludes halogenated alkanes) is 1. The van der Waals surface area contributed by atoms with E-state index in [1.165, 1.54) is 14.1 Å². The molecule has 0 saturated carbocycles. The maximum absolute atomic E-state index is 13.8. The topological polar surface area (TPSA) is 181 Å². The van der Waals surface area contributed by atoms with Crippen LogP contribution in [0.25, 0.3) is 0 Å². The van der Waals surface area contributed by atoms with E-state index in [1.807, 2.05) is 33.8 Å². The van der Waals surface area contributed by atoms with Crippen LogP contribution in [-0.2, 0) is 31.0 Å². The second-order valence-corrected chi connectivity index (χ2v) is 14.9. The molecule has 0 aromatic heterocycles. The number of hydrogen-bond acceptors (Lipinski definition) is 7. The third-order valence-electron chi connectivity index (χ3n) is 7.69. The molecule has 15 heteroatoms. The molecule has 1 rings (SSSR count). The van der Waals surface area contributed by atoms with Gasteiger partial charge in [0.15, 0.2) is 5.11 Å². The highest BCUT2D eigenvalue weighted by Crippen LogP contribution is 2.14. The molecule has 0 aliphatic carbocycles. The Labute approximate surface area is 287 Å². The van der Waals surface area contributed by atoms with Crippen LogP contribution in [-0.4, -0.2) is 99.1 Å². The van der Waals surface area contributed by atoms with Gasteiger partial charge >= 0.3 is 0 Å². The van der Waals surface area contributed by atoms with Crippen molar-refractivity contribution in [2.45, 2.75) is 96.9 Å². The van der Waals surface area contributed by atoms with E-state index >= 15 is 0 Å². The van der Waals surface area contributed by atoms with Crippen molar-refractivity contribution in [1.82, 2.24) is 35.6 Å². The van der Waals surface area contributed by atoms with E-state index in [1.54, 1.807) is 31.3 Å². The first-order valence-electron chi connectivity index (χ1n) is 16.3. The summed E-state index contributed by atoms with van der Waals surface area (Å²) in [6, 6.07) is 5.97. The van der Waals surface area contributed by atoms with Gasteiger partial charge in [-0.25, -0.2) is 0 Å². The Bertz CT molecular complexity index is 1220. The van der Waals surface area contributed by atoms with Crippen LogP contribution in [0.3, 0.4) is 0 Å². The average molecular weight is 700 g/mol. The fourth-order valence-corrected chi connectivity index (χ4v) is 5.43. The highest BCUT2D eigenvalue weighted by Gasteiger charge is 2.32. The number of carbonyl (C=O) groups excluding carboxylic acids is 3. The zero-order valence-electron chi connectivity index (χ0n) is 29.0. The van der Waals surface area contributed by atoms with Crippen molar-refractivity contribution in [3.05, 3.63) is 35.9 Å². The van der Waals surface area contributed by atoms with Gasteiger partial charge in [-0.3, -0.25) is 14.4 Å². The number of benzene rings is 1. The first-order valence-corrected chi connectivity index (χ1v) is 18.2.